The molecule has 112 valence electrons. The number of fused-ring (bicyclic) bond motifs is 3. The molecule has 6 heteroatoms. The number of nitrogens with zero attached hydrogens (tertiary/aromatic N) is 1. The van der Waals surface area contributed by atoms with Crippen LogP contribution in [0.3, 0.4) is 0 Å². The molecule has 1 aromatic carbocycles. The number of rotatable bonds is 3. The van der Waals surface area contributed by atoms with Gasteiger partial charge in [0.15, 0.2) is 0 Å². The second-order valence-corrected chi connectivity index (χ2v) is 6.16. The van der Waals surface area contributed by atoms with Gasteiger partial charge in [-0.3, -0.25) is 4.79 Å². The van der Waals surface area contributed by atoms with Crippen molar-refractivity contribution in [3.05, 3.63) is 35.0 Å². The van der Waals surface area contributed by atoms with E-state index in [-0.39, 0.29) is 0 Å². The Bertz CT molecular complexity index is 898. The van der Waals surface area contributed by atoms with Gasteiger partial charge in [-0.2, -0.15) is 0 Å². The number of H-pyrrole nitrogens is 1. The molecule has 4 N–H and O–H groups in total. The van der Waals surface area contributed by atoms with E-state index in [9.17, 15) is 4.79 Å². The van der Waals surface area contributed by atoms with Crippen molar-refractivity contribution in [1.29, 1.82) is 0 Å². The number of hydrogen-bond donors (Lipinski definition) is 3. The van der Waals surface area contributed by atoms with Crippen LogP contribution < -0.4 is 11.1 Å². The Kier molecular flexibility index (Phi) is 2.97. The van der Waals surface area contributed by atoms with E-state index in [2.05, 4.69) is 15.3 Å². The number of nitrogens with one attached hydrogen (secondary N) is 2. The van der Waals surface area contributed by atoms with E-state index in [0.717, 1.165) is 34.9 Å². The van der Waals surface area contributed by atoms with E-state index in [1.807, 2.05) is 18.2 Å². The third-order valence-corrected chi connectivity index (χ3v) is 4.54. The highest BCUT2D eigenvalue weighted by Gasteiger charge is 2.21. The first kappa shape index (κ1) is 13.4. The van der Waals surface area contributed by atoms with Gasteiger partial charge in [-0.15, -0.1) is 0 Å². The summed E-state index contributed by atoms with van der Waals surface area (Å²) in [4.78, 5) is 19.4. The number of nitrogens with two attached hydrogens (primary N) is 1. The van der Waals surface area contributed by atoms with Crippen molar-refractivity contribution >= 4 is 45.1 Å². The lowest BCUT2D eigenvalue weighted by atomic mass is 9.93. The fourth-order valence-electron chi connectivity index (χ4n) is 2.92. The standard InChI is InChI=1S/C16H15ClN4O/c17-8-4-5-10-12(6-8)21-14-11(15(18)22)7-19-16(13(10)14)20-9-2-1-3-9/h4-7,9,21H,1-3H2,(H2,18,22)(H,19,20). The molecule has 1 aliphatic carbocycles. The van der Waals surface area contributed by atoms with Gasteiger partial charge in [0.05, 0.1) is 16.5 Å². The van der Waals surface area contributed by atoms with Crippen molar-refractivity contribution in [2.75, 3.05) is 5.32 Å². The Morgan fingerprint density at radius 2 is 2.23 bits per heavy atom. The quantitative estimate of drug-likeness (QED) is 0.692. The van der Waals surface area contributed by atoms with Crippen LogP contribution in [0.2, 0.25) is 5.02 Å². The Morgan fingerprint density at radius 1 is 1.41 bits per heavy atom. The number of aromatic nitrogens is 2. The van der Waals surface area contributed by atoms with Gasteiger partial charge in [-0.1, -0.05) is 17.7 Å². The first-order valence-electron chi connectivity index (χ1n) is 7.30. The molecule has 4 rings (SSSR count). The molecule has 0 unspecified atom stereocenters. The summed E-state index contributed by atoms with van der Waals surface area (Å²) in [7, 11) is 0. The number of carbonyl (C=O) groups is 1. The van der Waals surface area contributed by atoms with Crippen molar-refractivity contribution < 1.29 is 4.79 Å². The maximum atomic E-state index is 11.7. The smallest absolute Gasteiger partial charge is 0.252 e. The van der Waals surface area contributed by atoms with Crippen LogP contribution in [-0.2, 0) is 0 Å². The van der Waals surface area contributed by atoms with Crippen LogP contribution in [0, 0.1) is 0 Å². The highest BCUT2D eigenvalue weighted by atomic mass is 35.5. The second kappa shape index (κ2) is 4.88. The summed E-state index contributed by atoms with van der Waals surface area (Å²) >= 11 is 6.06. The van der Waals surface area contributed by atoms with Gasteiger partial charge < -0.3 is 16.0 Å². The number of pyridine rings is 1. The molecule has 0 spiro atoms. The fraction of sp³-hybridized carbons (Fsp3) is 0.250. The Balaban J connectivity index is 2.01. The number of anilines is 1. The lowest BCUT2D eigenvalue weighted by Crippen LogP contribution is -2.27. The zero-order chi connectivity index (χ0) is 15.3. The van der Waals surface area contributed by atoms with Crippen LogP contribution in [0.4, 0.5) is 5.82 Å². The minimum atomic E-state index is -0.495. The van der Waals surface area contributed by atoms with E-state index in [1.54, 1.807) is 0 Å². The highest BCUT2D eigenvalue weighted by Crippen LogP contribution is 2.35. The molecule has 2 aromatic heterocycles. The second-order valence-electron chi connectivity index (χ2n) is 5.72. The van der Waals surface area contributed by atoms with Gasteiger partial charge in [0.25, 0.3) is 5.91 Å². The summed E-state index contributed by atoms with van der Waals surface area (Å²) < 4.78 is 0. The van der Waals surface area contributed by atoms with Gasteiger partial charge in [0.1, 0.15) is 5.82 Å². The van der Waals surface area contributed by atoms with Crippen molar-refractivity contribution in [3.63, 3.8) is 0 Å². The molecule has 0 saturated heterocycles. The fourth-order valence-corrected chi connectivity index (χ4v) is 3.09. The van der Waals surface area contributed by atoms with Crippen molar-refractivity contribution in [2.24, 2.45) is 5.73 Å². The predicted molar refractivity (Wildman–Crippen MR) is 88.4 cm³/mol. The summed E-state index contributed by atoms with van der Waals surface area (Å²) in [6, 6.07) is 6.07. The van der Waals surface area contributed by atoms with Gasteiger partial charge in [-0.25, -0.2) is 4.98 Å². The zero-order valence-corrected chi connectivity index (χ0v) is 12.6. The monoisotopic (exact) mass is 314 g/mol. The molecular formula is C16H15ClN4O. The van der Waals surface area contributed by atoms with Crippen LogP contribution >= 0.6 is 11.6 Å². The average molecular weight is 315 g/mol. The van der Waals surface area contributed by atoms with E-state index in [1.165, 1.54) is 12.6 Å². The molecule has 1 fully saturated rings. The molecule has 0 aliphatic heterocycles. The SMILES string of the molecule is NC(=O)c1cnc(NC2CCC2)c2c1[nH]c1cc(Cl)ccc12. The van der Waals surface area contributed by atoms with Gasteiger partial charge >= 0.3 is 0 Å². The number of amides is 1. The number of hydrogen-bond acceptors (Lipinski definition) is 3. The van der Waals surface area contributed by atoms with Gasteiger partial charge in [0.2, 0.25) is 0 Å². The molecule has 0 atom stereocenters. The van der Waals surface area contributed by atoms with E-state index >= 15 is 0 Å². The Labute approximate surface area is 131 Å². The van der Waals surface area contributed by atoms with Gasteiger partial charge in [0, 0.05) is 28.2 Å². The number of primary amides is 1. The molecule has 0 bridgehead atoms. The number of aromatic amines is 1. The summed E-state index contributed by atoms with van der Waals surface area (Å²) in [5, 5.41) is 5.99. The first-order valence-corrected chi connectivity index (χ1v) is 7.67. The minimum Gasteiger partial charge on any atom is -0.367 e. The maximum Gasteiger partial charge on any atom is 0.252 e. The third kappa shape index (κ3) is 2.01. The molecule has 0 radical (unpaired) electrons. The molecule has 3 aromatic rings. The number of halogens is 1. The van der Waals surface area contributed by atoms with Crippen LogP contribution in [-0.4, -0.2) is 21.9 Å². The number of benzene rings is 1. The van der Waals surface area contributed by atoms with E-state index < -0.39 is 5.91 Å². The van der Waals surface area contributed by atoms with Gasteiger partial charge in [-0.05, 0) is 31.4 Å². The van der Waals surface area contributed by atoms with Crippen molar-refractivity contribution in [1.82, 2.24) is 9.97 Å². The van der Waals surface area contributed by atoms with Crippen molar-refractivity contribution in [2.45, 2.75) is 25.3 Å². The molecule has 5 nitrogen and oxygen atoms in total. The van der Waals surface area contributed by atoms with E-state index in [0.29, 0.717) is 22.1 Å². The van der Waals surface area contributed by atoms with E-state index in [4.69, 9.17) is 17.3 Å². The topological polar surface area (TPSA) is 83.8 Å². The Hall–Kier alpha value is -2.27. The normalized spacial score (nSPS) is 15.1. The average Bonchev–Trinajstić information content (AvgIpc) is 2.80. The predicted octanol–water partition coefficient (Wildman–Crippen LogP) is 3.43. The lowest BCUT2D eigenvalue weighted by Gasteiger charge is -2.27. The largest absolute Gasteiger partial charge is 0.367 e. The number of carbonyl (C=O) groups excluding carboxylic acids is 1. The van der Waals surface area contributed by atoms with Crippen LogP contribution in [0.15, 0.2) is 24.4 Å². The maximum absolute atomic E-state index is 11.7. The molecule has 1 aliphatic rings. The van der Waals surface area contributed by atoms with Crippen molar-refractivity contribution in [3.8, 4) is 0 Å². The van der Waals surface area contributed by atoms with Crippen LogP contribution in [0.1, 0.15) is 29.6 Å². The third-order valence-electron chi connectivity index (χ3n) is 4.30. The molecule has 1 saturated carbocycles. The first-order chi connectivity index (χ1) is 10.6. The lowest BCUT2D eigenvalue weighted by molar-refractivity contribution is 0.100. The molecular weight excluding hydrogens is 300 g/mol. The summed E-state index contributed by atoms with van der Waals surface area (Å²) in [6.07, 6.45) is 5.07. The molecule has 22 heavy (non-hydrogen) atoms. The highest BCUT2D eigenvalue weighted by molar-refractivity contribution is 6.32. The minimum absolute atomic E-state index is 0.390. The Morgan fingerprint density at radius 3 is 2.91 bits per heavy atom. The summed E-state index contributed by atoms with van der Waals surface area (Å²) in [5.41, 5.74) is 7.44. The molecule has 1 amide bonds. The zero-order valence-electron chi connectivity index (χ0n) is 11.8. The summed E-state index contributed by atoms with van der Waals surface area (Å²) in [5.74, 6) is 0.295. The van der Waals surface area contributed by atoms with Crippen LogP contribution in [0.25, 0.3) is 21.8 Å². The molecule has 2 heterocycles. The summed E-state index contributed by atoms with van der Waals surface area (Å²) in [6.45, 7) is 0. The van der Waals surface area contributed by atoms with Crippen LogP contribution in [0.5, 0.6) is 0 Å².